The number of rotatable bonds is 2. The van der Waals surface area contributed by atoms with Crippen molar-refractivity contribution in [2.24, 2.45) is 5.73 Å². The Labute approximate surface area is 75.1 Å². The maximum atomic E-state index is 13.1. The Kier molecular flexibility index (Phi) is 2.02. The van der Waals surface area contributed by atoms with Crippen LogP contribution in [0.1, 0.15) is 11.9 Å². The standard InChI is InChI=1S/C10H10FNO/c11-8(6-12)10-5-7-3-1-2-4-9(7)13-10/h1-5,8H,6,12H2. The molecular weight excluding hydrogens is 169 g/mol. The molecule has 2 N–H and O–H groups in total. The lowest BCUT2D eigenvalue weighted by atomic mass is 10.2. The van der Waals surface area contributed by atoms with E-state index in [1.54, 1.807) is 6.07 Å². The van der Waals surface area contributed by atoms with Crippen molar-refractivity contribution in [1.29, 1.82) is 0 Å². The first-order chi connectivity index (χ1) is 6.31. The second kappa shape index (κ2) is 3.18. The number of halogens is 1. The van der Waals surface area contributed by atoms with Crippen LogP contribution in [0.25, 0.3) is 11.0 Å². The first kappa shape index (κ1) is 8.26. The van der Waals surface area contributed by atoms with Crippen molar-refractivity contribution in [3.63, 3.8) is 0 Å². The molecule has 1 heterocycles. The van der Waals surface area contributed by atoms with Crippen molar-refractivity contribution in [3.05, 3.63) is 36.1 Å². The van der Waals surface area contributed by atoms with Gasteiger partial charge in [-0.2, -0.15) is 0 Å². The van der Waals surface area contributed by atoms with Crippen LogP contribution >= 0.6 is 0 Å². The molecule has 13 heavy (non-hydrogen) atoms. The molecule has 0 aliphatic rings. The monoisotopic (exact) mass is 179 g/mol. The summed E-state index contributed by atoms with van der Waals surface area (Å²) in [6.07, 6.45) is -1.20. The van der Waals surface area contributed by atoms with Gasteiger partial charge in [0, 0.05) is 11.9 Å². The Balaban J connectivity index is 2.49. The van der Waals surface area contributed by atoms with Gasteiger partial charge in [-0.3, -0.25) is 0 Å². The van der Waals surface area contributed by atoms with Crippen LogP contribution in [0.2, 0.25) is 0 Å². The van der Waals surface area contributed by atoms with Crippen LogP contribution in [0.4, 0.5) is 4.39 Å². The minimum absolute atomic E-state index is 0.0418. The van der Waals surface area contributed by atoms with Gasteiger partial charge in [-0.25, -0.2) is 4.39 Å². The molecule has 1 atom stereocenters. The predicted molar refractivity (Wildman–Crippen MR) is 49.1 cm³/mol. The molecule has 0 fully saturated rings. The van der Waals surface area contributed by atoms with Crippen LogP contribution in [0, 0.1) is 0 Å². The Morgan fingerprint density at radius 2 is 2.15 bits per heavy atom. The molecule has 0 saturated carbocycles. The summed E-state index contributed by atoms with van der Waals surface area (Å²) in [5.41, 5.74) is 5.89. The van der Waals surface area contributed by atoms with Gasteiger partial charge in [0.05, 0.1) is 0 Å². The van der Waals surface area contributed by atoms with Crippen LogP contribution in [0.3, 0.4) is 0 Å². The van der Waals surface area contributed by atoms with Crippen LogP contribution in [-0.2, 0) is 0 Å². The lowest BCUT2D eigenvalue weighted by Crippen LogP contribution is -2.06. The van der Waals surface area contributed by atoms with Crippen molar-refractivity contribution < 1.29 is 8.81 Å². The number of fused-ring (bicyclic) bond motifs is 1. The highest BCUT2D eigenvalue weighted by molar-refractivity contribution is 5.77. The number of hydrogen-bond acceptors (Lipinski definition) is 2. The number of hydrogen-bond donors (Lipinski definition) is 1. The average molecular weight is 179 g/mol. The molecule has 68 valence electrons. The summed E-state index contributed by atoms with van der Waals surface area (Å²) in [5.74, 6) is 0.309. The van der Waals surface area contributed by atoms with Gasteiger partial charge >= 0.3 is 0 Å². The van der Waals surface area contributed by atoms with E-state index in [9.17, 15) is 4.39 Å². The van der Waals surface area contributed by atoms with Crippen molar-refractivity contribution in [2.75, 3.05) is 6.54 Å². The molecule has 2 aromatic rings. The van der Waals surface area contributed by atoms with Crippen molar-refractivity contribution in [2.45, 2.75) is 6.17 Å². The Morgan fingerprint density at radius 3 is 2.85 bits per heavy atom. The second-order valence-corrected chi connectivity index (χ2v) is 2.89. The summed E-state index contributed by atoms with van der Waals surface area (Å²) in [6.45, 7) is -0.0418. The Hall–Kier alpha value is -1.35. The first-order valence-electron chi connectivity index (χ1n) is 4.14. The molecule has 0 amide bonds. The van der Waals surface area contributed by atoms with Gasteiger partial charge in [0.25, 0.3) is 0 Å². The zero-order valence-electron chi connectivity index (χ0n) is 7.03. The lowest BCUT2D eigenvalue weighted by molar-refractivity contribution is 0.301. The molecule has 2 rings (SSSR count). The molecule has 1 aromatic heterocycles. The first-order valence-corrected chi connectivity index (χ1v) is 4.14. The van der Waals surface area contributed by atoms with E-state index in [1.165, 1.54) is 0 Å². The zero-order chi connectivity index (χ0) is 9.26. The Bertz CT molecular complexity index is 377. The van der Waals surface area contributed by atoms with Gasteiger partial charge in [0.2, 0.25) is 0 Å². The highest BCUT2D eigenvalue weighted by Gasteiger charge is 2.12. The van der Waals surface area contributed by atoms with E-state index in [-0.39, 0.29) is 6.54 Å². The fourth-order valence-corrected chi connectivity index (χ4v) is 1.27. The van der Waals surface area contributed by atoms with E-state index in [0.717, 1.165) is 5.39 Å². The molecule has 2 nitrogen and oxygen atoms in total. The number of furan rings is 1. The SMILES string of the molecule is NCC(F)c1cc2ccccc2o1. The summed E-state index contributed by atoms with van der Waals surface area (Å²) < 4.78 is 18.3. The van der Waals surface area contributed by atoms with Crippen molar-refractivity contribution in [1.82, 2.24) is 0 Å². The van der Waals surface area contributed by atoms with E-state index >= 15 is 0 Å². The van der Waals surface area contributed by atoms with E-state index in [1.807, 2.05) is 24.3 Å². The van der Waals surface area contributed by atoms with E-state index in [2.05, 4.69) is 0 Å². The summed E-state index contributed by atoms with van der Waals surface area (Å²) in [6, 6.07) is 9.11. The number of para-hydroxylation sites is 1. The fraction of sp³-hybridized carbons (Fsp3) is 0.200. The molecule has 1 aromatic carbocycles. The number of alkyl halides is 1. The van der Waals surface area contributed by atoms with Gasteiger partial charge in [-0.05, 0) is 12.1 Å². The number of nitrogens with two attached hydrogens (primary N) is 1. The quantitative estimate of drug-likeness (QED) is 0.768. The molecule has 0 radical (unpaired) electrons. The minimum Gasteiger partial charge on any atom is -0.458 e. The van der Waals surface area contributed by atoms with Gasteiger partial charge < -0.3 is 10.2 Å². The van der Waals surface area contributed by atoms with E-state index in [4.69, 9.17) is 10.2 Å². The van der Waals surface area contributed by atoms with Crippen LogP contribution in [-0.4, -0.2) is 6.54 Å². The zero-order valence-corrected chi connectivity index (χ0v) is 7.03. The maximum Gasteiger partial charge on any atom is 0.170 e. The Morgan fingerprint density at radius 1 is 1.38 bits per heavy atom. The average Bonchev–Trinajstić information content (AvgIpc) is 2.59. The van der Waals surface area contributed by atoms with Gasteiger partial charge in [-0.15, -0.1) is 0 Å². The van der Waals surface area contributed by atoms with Crippen molar-refractivity contribution in [3.8, 4) is 0 Å². The summed E-state index contributed by atoms with van der Waals surface area (Å²) >= 11 is 0. The maximum absolute atomic E-state index is 13.1. The molecule has 0 aliphatic carbocycles. The fourth-order valence-electron chi connectivity index (χ4n) is 1.27. The summed E-state index contributed by atoms with van der Waals surface area (Å²) in [5, 5.41) is 0.911. The van der Waals surface area contributed by atoms with Crippen molar-refractivity contribution >= 4 is 11.0 Å². The third kappa shape index (κ3) is 1.42. The third-order valence-corrected chi connectivity index (χ3v) is 1.96. The summed E-state index contributed by atoms with van der Waals surface area (Å²) in [7, 11) is 0. The highest BCUT2D eigenvalue weighted by atomic mass is 19.1. The molecule has 1 unspecified atom stereocenters. The van der Waals surface area contributed by atoms with E-state index < -0.39 is 6.17 Å². The molecule has 0 aliphatic heterocycles. The van der Waals surface area contributed by atoms with Gasteiger partial charge in [0.15, 0.2) is 6.17 Å². The third-order valence-electron chi connectivity index (χ3n) is 1.96. The summed E-state index contributed by atoms with van der Waals surface area (Å²) in [4.78, 5) is 0. The normalized spacial score (nSPS) is 13.4. The second-order valence-electron chi connectivity index (χ2n) is 2.89. The molecule has 0 saturated heterocycles. The highest BCUT2D eigenvalue weighted by Crippen LogP contribution is 2.24. The van der Waals surface area contributed by atoms with Crippen LogP contribution < -0.4 is 5.73 Å². The minimum atomic E-state index is -1.20. The predicted octanol–water partition coefficient (Wildman–Crippen LogP) is 2.40. The smallest absolute Gasteiger partial charge is 0.170 e. The van der Waals surface area contributed by atoms with Crippen LogP contribution in [0.5, 0.6) is 0 Å². The van der Waals surface area contributed by atoms with Gasteiger partial charge in [-0.1, -0.05) is 18.2 Å². The molecule has 0 bridgehead atoms. The topological polar surface area (TPSA) is 39.2 Å². The lowest BCUT2D eigenvalue weighted by Gasteiger charge is -1.97. The van der Waals surface area contributed by atoms with Gasteiger partial charge in [0.1, 0.15) is 11.3 Å². The number of benzene rings is 1. The molecular formula is C10H10FNO. The molecule has 3 heteroatoms. The largest absolute Gasteiger partial charge is 0.458 e. The van der Waals surface area contributed by atoms with E-state index in [0.29, 0.717) is 11.3 Å². The van der Waals surface area contributed by atoms with Crippen LogP contribution in [0.15, 0.2) is 34.7 Å². The molecule has 0 spiro atoms.